The van der Waals surface area contributed by atoms with Gasteiger partial charge in [0.15, 0.2) is 0 Å². The molecule has 1 aromatic heterocycles. The third-order valence-corrected chi connectivity index (χ3v) is 5.29. The number of benzene rings is 1. The second-order valence-corrected chi connectivity index (χ2v) is 7.17. The van der Waals surface area contributed by atoms with E-state index in [1.54, 1.807) is 11.8 Å². The average Bonchev–Trinajstić information content (AvgIpc) is 2.94. The zero-order chi connectivity index (χ0) is 20.4. The zero-order valence-electron chi connectivity index (χ0n) is 16.4. The minimum atomic E-state index is -0.496. The highest BCUT2D eigenvalue weighted by atomic mass is 19.1. The quantitative estimate of drug-likeness (QED) is 0.802. The van der Waals surface area contributed by atoms with Crippen molar-refractivity contribution in [1.29, 1.82) is 0 Å². The summed E-state index contributed by atoms with van der Waals surface area (Å²) in [7, 11) is 0. The number of halogens is 1. The maximum absolute atomic E-state index is 15.0. The van der Waals surface area contributed by atoms with Crippen LogP contribution in [-0.2, 0) is 16.0 Å². The van der Waals surface area contributed by atoms with Gasteiger partial charge in [0.25, 0.3) is 5.91 Å². The maximum atomic E-state index is 15.0. The number of rotatable bonds is 3. The van der Waals surface area contributed by atoms with Crippen LogP contribution in [0.25, 0.3) is 17.0 Å². The Morgan fingerprint density at radius 2 is 2.00 bits per heavy atom. The number of carbonyl (C=O) groups excluding carboxylic acids is 2. The Labute approximate surface area is 163 Å². The molecule has 5 nitrogen and oxygen atoms in total. The van der Waals surface area contributed by atoms with Crippen LogP contribution < -0.4 is 5.73 Å². The number of fused-ring (bicyclic) bond motifs is 1. The number of hydrogen-bond donors (Lipinski definition) is 2. The van der Waals surface area contributed by atoms with Crippen LogP contribution in [0.15, 0.2) is 11.6 Å². The number of H-pyrrole nitrogens is 1. The normalized spacial score (nSPS) is 14.0. The van der Waals surface area contributed by atoms with E-state index in [4.69, 9.17) is 5.73 Å². The Bertz CT molecular complexity index is 1040. The van der Waals surface area contributed by atoms with E-state index in [2.05, 4.69) is 16.8 Å². The molecule has 0 bridgehead atoms. The summed E-state index contributed by atoms with van der Waals surface area (Å²) in [5, 5.41) is 0.789. The number of aromatic nitrogens is 1. The lowest BCUT2D eigenvalue weighted by molar-refractivity contribution is -0.125. The van der Waals surface area contributed by atoms with Gasteiger partial charge in [0.2, 0.25) is 5.91 Å². The molecule has 0 aliphatic carbocycles. The lowest BCUT2D eigenvalue weighted by Crippen LogP contribution is -2.35. The fourth-order valence-electron chi connectivity index (χ4n) is 3.72. The molecule has 1 saturated heterocycles. The van der Waals surface area contributed by atoms with E-state index in [1.165, 1.54) is 6.07 Å². The van der Waals surface area contributed by atoms with Crippen molar-refractivity contribution in [2.75, 3.05) is 13.1 Å². The number of amides is 2. The molecule has 0 unspecified atom stereocenters. The fourth-order valence-corrected chi connectivity index (χ4v) is 3.72. The second-order valence-electron chi connectivity index (χ2n) is 7.17. The van der Waals surface area contributed by atoms with Crippen LogP contribution in [0.2, 0.25) is 0 Å². The number of aryl methyl sites for hydroxylation is 2. The monoisotopic (exact) mass is 381 g/mol. The van der Waals surface area contributed by atoms with Crippen LogP contribution in [0.4, 0.5) is 4.39 Å². The minimum absolute atomic E-state index is 0.0147. The number of aromatic amines is 1. The lowest BCUT2D eigenvalue weighted by atomic mass is 9.95. The molecule has 1 aliphatic rings. The first kappa shape index (κ1) is 19.7. The highest BCUT2D eigenvalue weighted by Crippen LogP contribution is 2.33. The van der Waals surface area contributed by atoms with Crippen molar-refractivity contribution in [3.05, 3.63) is 39.8 Å². The van der Waals surface area contributed by atoms with E-state index in [-0.39, 0.29) is 18.1 Å². The van der Waals surface area contributed by atoms with E-state index in [1.807, 2.05) is 19.9 Å². The molecule has 0 radical (unpaired) electrons. The van der Waals surface area contributed by atoms with Crippen molar-refractivity contribution in [2.45, 2.75) is 40.0 Å². The standard InChI is InChI=1S/C22H24FN3O2/c1-4-5-20(28)26-8-6-15(7-9-26)10-17-18(23)11-16(12-19(24)27)22-21(17)13(2)14(3)25-22/h10-11,25H,6-9,12H2,1-3H3,(H2,24,27). The molecule has 6 heteroatoms. The van der Waals surface area contributed by atoms with Crippen molar-refractivity contribution in [3.8, 4) is 11.8 Å². The molecule has 2 amide bonds. The molecule has 3 N–H and O–H groups in total. The third-order valence-electron chi connectivity index (χ3n) is 5.29. The van der Waals surface area contributed by atoms with Crippen molar-refractivity contribution in [2.24, 2.45) is 5.73 Å². The Morgan fingerprint density at radius 1 is 1.32 bits per heavy atom. The molecule has 1 aliphatic heterocycles. The van der Waals surface area contributed by atoms with Gasteiger partial charge < -0.3 is 15.6 Å². The highest BCUT2D eigenvalue weighted by molar-refractivity contribution is 5.97. The first-order valence-electron chi connectivity index (χ1n) is 9.31. The Morgan fingerprint density at radius 3 is 2.61 bits per heavy atom. The van der Waals surface area contributed by atoms with Crippen molar-refractivity contribution >= 4 is 28.8 Å². The number of nitrogens with one attached hydrogen (secondary N) is 1. The largest absolute Gasteiger partial charge is 0.369 e. The third kappa shape index (κ3) is 3.79. The molecule has 2 heterocycles. The molecule has 1 aromatic carbocycles. The number of primary amides is 1. The predicted octanol–water partition coefficient (Wildman–Crippen LogP) is 2.98. The van der Waals surface area contributed by atoms with Crippen molar-refractivity contribution in [3.63, 3.8) is 0 Å². The summed E-state index contributed by atoms with van der Waals surface area (Å²) in [6.07, 6.45) is 3.24. The molecule has 2 aromatic rings. The van der Waals surface area contributed by atoms with Crippen LogP contribution in [-0.4, -0.2) is 34.8 Å². The Hall–Kier alpha value is -3.07. The molecule has 3 rings (SSSR count). The smallest absolute Gasteiger partial charge is 0.298 e. The van der Waals surface area contributed by atoms with E-state index < -0.39 is 5.91 Å². The molecule has 0 atom stereocenters. The summed E-state index contributed by atoms with van der Waals surface area (Å²) < 4.78 is 15.0. The summed E-state index contributed by atoms with van der Waals surface area (Å²) in [5.74, 6) is 4.16. The molecule has 28 heavy (non-hydrogen) atoms. The molecular weight excluding hydrogens is 357 g/mol. The van der Waals surface area contributed by atoms with Crippen molar-refractivity contribution in [1.82, 2.24) is 9.88 Å². The van der Waals surface area contributed by atoms with Gasteiger partial charge in [0.05, 0.1) is 11.9 Å². The molecule has 1 fully saturated rings. The fraction of sp³-hybridized carbons (Fsp3) is 0.364. The van der Waals surface area contributed by atoms with Gasteiger partial charge in [-0.2, -0.15) is 0 Å². The highest BCUT2D eigenvalue weighted by Gasteiger charge is 2.21. The molecule has 0 saturated carbocycles. The van der Waals surface area contributed by atoms with E-state index >= 15 is 0 Å². The van der Waals surface area contributed by atoms with Gasteiger partial charge in [-0.1, -0.05) is 17.6 Å². The van der Waals surface area contributed by atoms with Crippen LogP contribution in [0.3, 0.4) is 0 Å². The number of carbonyl (C=O) groups is 2. The summed E-state index contributed by atoms with van der Waals surface area (Å²) >= 11 is 0. The van der Waals surface area contributed by atoms with E-state index in [0.717, 1.165) is 27.7 Å². The topological polar surface area (TPSA) is 79.2 Å². The van der Waals surface area contributed by atoms with Gasteiger partial charge in [0, 0.05) is 29.7 Å². The van der Waals surface area contributed by atoms with Crippen molar-refractivity contribution < 1.29 is 14.0 Å². The summed E-state index contributed by atoms with van der Waals surface area (Å²) in [6.45, 7) is 6.67. The van der Waals surface area contributed by atoms with Gasteiger partial charge >= 0.3 is 0 Å². The van der Waals surface area contributed by atoms with E-state index in [9.17, 15) is 14.0 Å². The number of hydrogen-bond acceptors (Lipinski definition) is 2. The summed E-state index contributed by atoms with van der Waals surface area (Å²) in [5.41, 5.74) is 10.2. The van der Waals surface area contributed by atoms with Gasteiger partial charge in [0.1, 0.15) is 5.82 Å². The van der Waals surface area contributed by atoms with Gasteiger partial charge in [-0.15, -0.1) is 0 Å². The molecular formula is C22H24FN3O2. The van der Waals surface area contributed by atoms with Crippen LogP contribution in [0.5, 0.6) is 0 Å². The minimum Gasteiger partial charge on any atom is -0.369 e. The van der Waals surface area contributed by atoms with Gasteiger partial charge in [-0.3, -0.25) is 9.59 Å². The van der Waals surface area contributed by atoms with Crippen LogP contribution in [0.1, 0.15) is 42.1 Å². The number of likely N-dealkylation sites (tertiary alicyclic amines) is 1. The lowest BCUT2D eigenvalue weighted by Gasteiger charge is -2.26. The maximum Gasteiger partial charge on any atom is 0.298 e. The first-order valence-corrected chi connectivity index (χ1v) is 9.31. The Balaban J connectivity index is 1.99. The SMILES string of the molecule is CC#CC(=O)N1CCC(=Cc2c(F)cc(CC(N)=O)c3[nH]c(C)c(C)c23)CC1. The summed E-state index contributed by atoms with van der Waals surface area (Å²) in [4.78, 5) is 28.3. The van der Waals surface area contributed by atoms with Crippen LogP contribution >= 0.6 is 0 Å². The van der Waals surface area contributed by atoms with Gasteiger partial charge in [-0.25, -0.2) is 4.39 Å². The molecule has 0 spiro atoms. The second kappa shape index (κ2) is 7.89. The number of nitrogens with zero attached hydrogens (tertiary/aromatic N) is 1. The molecule has 146 valence electrons. The Kier molecular flexibility index (Phi) is 5.55. The number of piperidine rings is 1. The predicted molar refractivity (Wildman–Crippen MR) is 108 cm³/mol. The van der Waals surface area contributed by atoms with E-state index in [0.29, 0.717) is 37.1 Å². The van der Waals surface area contributed by atoms with Crippen LogP contribution in [0, 0.1) is 31.5 Å². The summed E-state index contributed by atoms with van der Waals surface area (Å²) in [6, 6.07) is 1.39. The number of nitrogens with two attached hydrogens (primary N) is 1. The first-order chi connectivity index (χ1) is 13.3. The zero-order valence-corrected chi connectivity index (χ0v) is 16.4. The van der Waals surface area contributed by atoms with Gasteiger partial charge in [-0.05, 0) is 56.7 Å². The average molecular weight is 381 g/mol.